The Bertz CT molecular complexity index is 570. The van der Waals surface area contributed by atoms with Crippen LogP contribution < -0.4 is 0 Å². The van der Waals surface area contributed by atoms with Crippen LogP contribution in [0.25, 0.3) is 0 Å². The molecule has 1 aliphatic rings. The minimum atomic E-state index is -0.286. The Balaban J connectivity index is 1.70. The van der Waals surface area contributed by atoms with E-state index in [1.54, 1.807) is 0 Å². The molecule has 3 rings (SSSR count). The molecule has 2 atom stereocenters. The van der Waals surface area contributed by atoms with E-state index >= 15 is 0 Å². The number of hydrogen-bond donors (Lipinski definition) is 1. The molecule has 2 aromatic rings. The second kappa shape index (κ2) is 6.37. The number of rotatable bonds is 4. The van der Waals surface area contributed by atoms with Gasteiger partial charge in [0.05, 0.1) is 6.10 Å². The van der Waals surface area contributed by atoms with Crippen molar-refractivity contribution in [2.24, 2.45) is 0 Å². The quantitative estimate of drug-likeness (QED) is 0.933. The summed E-state index contributed by atoms with van der Waals surface area (Å²) in [6.45, 7) is 1.64. The molecule has 1 fully saturated rings. The Morgan fingerprint density at radius 2 is 1.71 bits per heavy atom. The molecule has 2 nitrogen and oxygen atoms in total. The Labute approximate surface area is 124 Å². The SMILES string of the molecule is O[C@@H]1CCN(Cc2ccc(F)cc2)[C@H]1Cc1ccccc1. The molecule has 0 bridgehead atoms. The second-order valence-corrected chi connectivity index (χ2v) is 5.71. The maximum atomic E-state index is 13.0. The van der Waals surface area contributed by atoms with Crippen LogP contribution in [0.1, 0.15) is 17.5 Å². The minimum absolute atomic E-state index is 0.137. The predicted molar refractivity (Wildman–Crippen MR) is 81.4 cm³/mol. The zero-order valence-electron chi connectivity index (χ0n) is 12.0. The number of halogens is 1. The van der Waals surface area contributed by atoms with Crippen molar-refractivity contribution in [3.05, 3.63) is 71.5 Å². The zero-order valence-corrected chi connectivity index (χ0v) is 12.0. The lowest BCUT2D eigenvalue weighted by atomic mass is 10.0. The molecule has 1 aliphatic heterocycles. The largest absolute Gasteiger partial charge is 0.391 e. The van der Waals surface area contributed by atoms with E-state index in [9.17, 15) is 9.50 Å². The third kappa shape index (κ3) is 3.49. The summed E-state index contributed by atoms with van der Waals surface area (Å²) in [6, 6.07) is 17.0. The highest BCUT2D eigenvalue weighted by molar-refractivity contribution is 5.19. The van der Waals surface area contributed by atoms with Gasteiger partial charge in [-0.2, -0.15) is 0 Å². The third-order valence-electron chi connectivity index (χ3n) is 4.21. The molecule has 0 unspecified atom stereocenters. The summed E-state index contributed by atoms with van der Waals surface area (Å²) in [5.41, 5.74) is 2.33. The van der Waals surface area contributed by atoms with E-state index in [0.717, 1.165) is 31.5 Å². The fraction of sp³-hybridized carbons (Fsp3) is 0.333. The highest BCUT2D eigenvalue weighted by atomic mass is 19.1. The number of hydrogen-bond acceptors (Lipinski definition) is 2. The monoisotopic (exact) mass is 285 g/mol. The van der Waals surface area contributed by atoms with Gasteiger partial charge < -0.3 is 5.11 Å². The lowest BCUT2D eigenvalue weighted by Crippen LogP contribution is -2.36. The van der Waals surface area contributed by atoms with Crippen LogP contribution in [-0.2, 0) is 13.0 Å². The van der Waals surface area contributed by atoms with Crippen molar-refractivity contribution >= 4 is 0 Å². The van der Waals surface area contributed by atoms with Gasteiger partial charge in [0.15, 0.2) is 0 Å². The molecule has 2 aromatic carbocycles. The van der Waals surface area contributed by atoms with E-state index in [0.29, 0.717) is 0 Å². The van der Waals surface area contributed by atoms with Crippen molar-refractivity contribution in [3.63, 3.8) is 0 Å². The van der Waals surface area contributed by atoms with Crippen molar-refractivity contribution in [1.82, 2.24) is 4.90 Å². The van der Waals surface area contributed by atoms with Crippen LogP contribution in [0.15, 0.2) is 54.6 Å². The van der Waals surface area contributed by atoms with Crippen LogP contribution in [0, 0.1) is 5.82 Å². The van der Waals surface area contributed by atoms with E-state index < -0.39 is 0 Å². The smallest absolute Gasteiger partial charge is 0.123 e. The molecule has 0 aromatic heterocycles. The first-order valence-electron chi connectivity index (χ1n) is 7.43. The molecule has 21 heavy (non-hydrogen) atoms. The fourth-order valence-corrected chi connectivity index (χ4v) is 3.04. The van der Waals surface area contributed by atoms with E-state index in [2.05, 4.69) is 17.0 Å². The Morgan fingerprint density at radius 1 is 1.00 bits per heavy atom. The summed E-state index contributed by atoms with van der Waals surface area (Å²) in [4.78, 5) is 2.30. The number of likely N-dealkylation sites (tertiary alicyclic amines) is 1. The first-order valence-corrected chi connectivity index (χ1v) is 7.43. The van der Waals surface area contributed by atoms with Gasteiger partial charge in [0.25, 0.3) is 0 Å². The first kappa shape index (κ1) is 14.2. The molecule has 1 saturated heterocycles. The van der Waals surface area contributed by atoms with Crippen molar-refractivity contribution in [1.29, 1.82) is 0 Å². The Morgan fingerprint density at radius 3 is 2.43 bits per heavy atom. The third-order valence-corrected chi connectivity index (χ3v) is 4.21. The highest BCUT2D eigenvalue weighted by Gasteiger charge is 2.32. The summed E-state index contributed by atoms with van der Waals surface area (Å²) < 4.78 is 13.0. The van der Waals surface area contributed by atoms with Crippen molar-refractivity contribution in [2.45, 2.75) is 31.5 Å². The standard InChI is InChI=1S/C18H20FNO/c19-16-8-6-15(7-9-16)13-20-11-10-18(21)17(20)12-14-4-2-1-3-5-14/h1-9,17-18,21H,10-13H2/t17-,18+/m0/s1. The van der Waals surface area contributed by atoms with Crippen LogP contribution in [0.2, 0.25) is 0 Å². The summed E-state index contributed by atoms with van der Waals surface area (Å²) >= 11 is 0. The molecule has 0 aliphatic carbocycles. The van der Waals surface area contributed by atoms with Gasteiger partial charge in [0.1, 0.15) is 5.82 Å². The number of aliphatic hydroxyl groups is 1. The van der Waals surface area contributed by atoms with Gasteiger partial charge in [-0.1, -0.05) is 42.5 Å². The van der Waals surface area contributed by atoms with E-state index in [-0.39, 0.29) is 18.0 Å². The molecule has 0 amide bonds. The molecule has 3 heteroatoms. The number of nitrogens with zero attached hydrogens (tertiary/aromatic N) is 1. The topological polar surface area (TPSA) is 23.5 Å². The van der Waals surface area contributed by atoms with E-state index in [1.807, 2.05) is 30.3 Å². The van der Waals surface area contributed by atoms with Gasteiger partial charge in [-0.25, -0.2) is 4.39 Å². The van der Waals surface area contributed by atoms with Crippen LogP contribution in [0.4, 0.5) is 4.39 Å². The summed E-state index contributed by atoms with van der Waals surface area (Å²) in [5.74, 6) is -0.207. The van der Waals surface area contributed by atoms with Gasteiger partial charge in [-0.3, -0.25) is 4.90 Å². The molecular weight excluding hydrogens is 265 g/mol. The normalized spacial score (nSPS) is 22.6. The molecular formula is C18H20FNO. The van der Waals surface area contributed by atoms with Crippen LogP contribution in [0.3, 0.4) is 0 Å². The lowest BCUT2D eigenvalue weighted by molar-refractivity contribution is 0.112. The maximum absolute atomic E-state index is 13.0. The molecule has 1 N–H and O–H groups in total. The predicted octanol–water partition coefficient (Wildman–Crippen LogP) is 3.00. The summed E-state index contributed by atoms with van der Waals surface area (Å²) in [7, 11) is 0. The minimum Gasteiger partial charge on any atom is -0.391 e. The van der Waals surface area contributed by atoms with Crippen LogP contribution >= 0.6 is 0 Å². The fourth-order valence-electron chi connectivity index (χ4n) is 3.04. The second-order valence-electron chi connectivity index (χ2n) is 5.71. The van der Waals surface area contributed by atoms with Crippen LogP contribution in [-0.4, -0.2) is 28.7 Å². The van der Waals surface area contributed by atoms with E-state index in [4.69, 9.17) is 0 Å². The van der Waals surface area contributed by atoms with E-state index in [1.165, 1.54) is 17.7 Å². The molecule has 0 radical (unpaired) electrons. The Hall–Kier alpha value is -1.71. The van der Waals surface area contributed by atoms with Crippen molar-refractivity contribution < 1.29 is 9.50 Å². The number of benzene rings is 2. The first-order chi connectivity index (χ1) is 10.2. The Kier molecular flexibility index (Phi) is 4.32. The van der Waals surface area contributed by atoms with Gasteiger partial charge in [0, 0.05) is 19.1 Å². The zero-order chi connectivity index (χ0) is 14.7. The van der Waals surface area contributed by atoms with Gasteiger partial charge >= 0.3 is 0 Å². The van der Waals surface area contributed by atoms with Gasteiger partial charge in [-0.05, 0) is 36.1 Å². The van der Waals surface area contributed by atoms with Crippen molar-refractivity contribution in [2.75, 3.05) is 6.54 Å². The van der Waals surface area contributed by atoms with Crippen LogP contribution in [0.5, 0.6) is 0 Å². The lowest BCUT2D eigenvalue weighted by Gasteiger charge is -2.26. The average Bonchev–Trinajstić information content (AvgIpc) is 2.84. The van der Waals surface area contributed by atoms with Gasteiger partial charge in [0.2, 0.25) is 0 Å². The molecule has 0 saturated carbocycles. The molecule has 1 heterocycles. The molecule has 0 spiro atoms. The summed E-state index contributed by atoms with van der Waals surface area (Å²) in [5, 5.41) is 10.2. The molecule has 110 valence electrons. The maximum Gasteiger partial charge on any atom is 0.123 e. The van der Waals surface area contributed by atoms with Crippen molar-refractivity contribution in [3.8, 4) is 0 Å². The van der Waals surface area contributed by atoms with Gasteiger partial charge in [-0.15, -0.1) is 0 Å². The number of aliphatic hydroxyl groups excluding tert-OH is 1. The average molecular weight is 285 g/mol. The summed E-state index contributed by atoms with van der Waals surface area (Å²) in [6.07, 6.45) is 1.37. The highest BCUT2D eigenvalue weighted by Crippen LogP contribution is 2.24.